The van der Waals surface area contributed by atoms with Crippen LogP contribution in [0.15, 0.2) is 83.6 Å². The standard InChI is InChI=1S/C34H40N8O2/c1-21(2)32(38)42-20-24(14-17-30(42)37)44-28-16-15-27(25-8-6-7-9-26(25)28)40-33(43)41-31(18-29(36)34(3,4)5)39-23-12-10-22(19-35)11-13-23/h6-14,17-18,20-21,27-28,37-38H,15-16,36H2,1-5H3,(H2,39,40,41,43)/b29-18-,37-30?,38-32?/t27-,28-/m0/s1. The van der Waals surface area contributed by atoms with E-state index in [4.69, 9.17) is 26.6 Å². The maximum atomic E-state index is 13.3. The fourth-order valence-electron chi connectivity index (χ4n) is 4.74. The summed E-state index contributed by atoms with van der Waals surface area (Å²) in [6.45, 7) is 9.77. The Balaban J connectivity index is 1.54. The number of carbonyl (C=O) groups excluding carboxylic acids is 1. The molecule has 0 saturated carbocycles. The van der Waals surface area contributed by atoms with E-state index in [9.17, 15) is 4.79 Å². The van der Waals surface area contributed by atoms with E-state index in [1.807, 2.05) is 58.9 Å². The minimum absolute atomic E-state index is 0.0391. The molecule has 1 heterocycles. The molecule has 3 aromatic rings. The Bertz CT molecular complexity index is 1690. The number of amidine groups is 1. The molecule has 44 heavy (non-hydrogen) atoms. The van der Waals surface area contributed by atoms with E-state index >= 15 is 0 Å². The van der Waals surface area contributed by atoms with E-state index in [2.05, 4.69) is 21.7 Å². The fourth-order valence-corrected chi connectivity index (χ4v) is 4.74. The van der Waals surface area contributed by atoms with Gasteiger partial charge in [0.2, 0.25) is 0 Å². The number of benzene rings is 2. The summed E-state index contributed by atoms with van der Waals surface area (Å²) in [5, 5.41) is 31.6. The first kappa shape index (κ1) is 31.8. The average Bonchev–Trinajstić information content (AvgIpc) is 2.98. The van der Waals surface area contributed by atoms with E-state index in [1.165, 1.54) is 4.57 Å². The summed E-state index contributed by atoms with van der Waals surface area (Å²) in [4.78, 5) is 17.9. The number of nitrogens with two attached hydrogens (primary N) is 1. The molecule has 0 radical (unpaired) electrons. The Morgan fingerprint density at radius 3 is 2.43 bits per heavy atom. The maximum Gasteiger partial charge on any atom is 0.320 e. The molecule has 0 unspecified atom stereocenters. The van der Waals surface area contributed by atoms with Crippen LogP contribution in [0.25, 0.3) is 0 Å². The summed E-state index contributed by atoms with van der Waals surface area (Å²) in [7, 11) is 0. The van der Waals surface area contributed by atoms with Crippen LogP contribution >= 0.6 is 0 Å². The number of fused-ring (bicyclic) bond motifs is 1. The summed E-state index contributed by atoms with van der Waals surface area (Å²) in [5.74, 6) is 1.13. The van der Waals surface area contributed by atoms with Gasteiger partial charge < -0.3 is 15.8 Å². The molecule has 10 nitrogen and oxygen atoms in total. The molecule has 0 fully saturated rings. The molecule has 2 aromatic carbocycles. The number of nitrogens with one attached hydrogen (secondary N) is 4. The quantitative estimate of drug-likeness (QED) is 0.170. The normalized spacial score (nSPS) is 16.9. The largest absolute Gasteiger partial charge is 0.484 e. The molecule has 1 aromatic heterocycles. The van der Waals surface area contributed by atoms with Crippen LogP contribution in [0.2, 0.25) is 0 Å². The van der Waals surface area contributed by atoms with Gasteiger partial charge in [0.1, 0.15) is 29.0 Å². The average molecular weight is 593 g/mol. The highest BCUT2D eigenvalue weighted by Crippen LogP contribution is 2.38. The molecular weight excluding hydrogens is 552 g/mol. The molecule has 2 atom stereocenters. The van der Waals surface area contributed by atoms with Crippen LogP contribution in [0.1, 0.15) is 76.3 Å². The molecule has 228 valence electrons. The number of amides is 2. The lowest BCUT2D eigenvalue weighted by atomic mass is 9.85. The zero-order chi connectivity index (χ0) is 32.0. The van der Waals surface area contributed by atoms with E-state index in [0.717, 1.165) is 11.1 Å². The predicted octanol–water partition coefficient (Wildman–Crippen LogP) is 6.19. The minimum atomic E-state index is -0.422. The van der Waals surface area contributed by atoms with E-state index < -0.39 is 6.03 Å². The summed E-state index contributed by atoms with van der Waals surface area (Å²) < 4.78 is 7.92. The van der Waals surface area contributed by atoms with Gasteiger partial charge >= 0.3 is 6.03 Å². The SMILES string of the molecule is CC(C)C(=N)n1cc(O[C@H]2CC[C@H](NC(=O)NC(/C=C(\N)C(C)(C)C)=Nc3ccc(C#N)cc3)c3ccccc32)ccc1=N. The number of carbonyl (C=O) groups is 1. The first-order valence-electron chi connectivity index (χ1n) is 14.6. The van der Waals surface area contributed by atoms with Crippen molar-refractivity contribution >= 4 is 23.4 Å². The Morgan fingerprint density at radius 1 is 1.11 bits per heavy atom. The topological polar surface area (TPSA) is 165 Å². The number of hydrogen-bond acceptors (Lipinski definition) is 7. The van der Waals surface area contributed by atoms with Gasteiger partial charge in [0, 0.05) is 23.1 Å². The molecule has 4 rings (SSSR count). The van der Waals surface area contributed by atoms with Crippen molar-refractivity contribution in [1.29, 1.82) is 16.1 Å². The van der Waals surface area contributed by atoms with Crippen LogP contribution in [0, 0.1) is 33.5 Å². The third-order valence-electron chi connectivity index (χ3n) is 7.39. The molecule has 10 heteroatoms. The van der Waals surface area contributed by atoms with Crippen molar-refractivity contribution in [1.82, 2.24) is 15.2 Å². The van der Waals surface area contributed by atoms with E-state index in [0.29, 0.717) is 41.4 Å². The predicted molar refractivity (Wildman–Crippen MR) is 172 cm³/mol. The van der Waals surface area contributed by atoms with Crippen LogP contribution in [0.3, 0.4) is 0 Å². The van der Waals surface area contributed by atoms with Crippen LogP contribution in [-0.4, -0.2) is 22.3 Å². The Labute approximate surface area is 258 Å². The number of pyridine rings is 1. The van der Waals surface area contributed by atoms with Gasteiger partial charge in [-0.25, -0.2) is 9.79 Å². The van der Waals surface area contributed by atoms with Crippen LogP contribution in [0.4, 0.5) is 10.5 Å². The molecule has 0 bridgehead atoms. The summed E-state index contributed by atoms with van der Waals surface area (Å²) in [6.07, 6.45) is 4.37. The van der Waals surface area contributed by atoms with Gasteiger partial charge in [-0.3, -0.25) is 20.7 Å². The van der Waals surface area contributed by atoms with Gasteiger partial charge in [0.05, 0.1) is 29.6 Å². The molecule has 2 amide bonds. The second-order valence-electron chi connectivity index (χ2n) is 12.1. The number of ether oxygens (including phenoxy) is 1. The molecule has 0 spiro atoms. The highest BCUT2D eigenvalue weighted by atomic mass is 16.5. The Kier molecular flexibility index (Phi) is 9.69. The van der Waals surface area contributed by atoms with Crippen molar-refractivity contribution in [2.45, 2.75) is 59.6 Å². The Hall–Kier alpha value is -5.17. The van der Waals surface area contributed by atoms with Crippen molar-refractivity contribution in [3.63, 3.8) is 0 Å². The first-order valence-corrected chi connectivity index (χ1v) is 14.6. The van der Waals surface area contributed by atoms with E-state index in [1.54, 1.807) is 48.7 Å². The monoisotopic (exact) mass is 592 g/mol. The number of aliphatic imine (C=N–C) groups is 1. The highest BCUT2D eigenvalue weighted by Gasteiger charge is 2.30. The van der Waals surface area contributed by atoms with Crippen molar-refractivity contribution in [3.8, 4) is 11.8 Å². The van der Waals surface area contributed by atoms with Gasteiger partial charge in [0.15, 0.2) is 0 Å². The second kappa shape index (κ2) is 13.4. The lowest BCUT2D eigenvalue weighted by Crippen LogP contribution is -2.42. The van der Waals surface area contributed by atoms with E-state index in [-0.39, 0.29) is 34.8 Å². The molecular formula is C34H40N8O2. The van der Waals surface area contributed by atoms with Crippen LogP contribution in [-0.2, 0) is 0 Å². The zero-order valence-electron chi connectivity index (χ0n) is 25.8. The number of aromatic nitrogens is 1. The summed E-state index contributed by atoms with van der Waals surface area (Å²) >= 11 is 0. The minimum Gasteiger partial charge on any atom is -0.484 e. The third kappa shape index (κ3) is 7.81. The van der Waals surface area contributed by atoms with Gasteiger partial charge in [-0.2, -0.15) is 5.26 Å². The lowest BCUT2D eigenvalue weighted by Gasteiger charge is -2.32. The first-order chi connectivity index (χ1) is 20.8. The van der Waals surface area contributed by atoms with Gasteiger partial charge in [-0.15, -0.1) is 0 Å². The number of hydrogen-bond donors (Lipinski definition) is 5. The smallest absolute Gasteiger partial charge is 0.320 e. The van der Waals surface area contributed by atoms with Gasteiger partial charge in [-0.05, 0) is 60.4 Å². The van der Waals surface area contributed by atoms with Crippen molar-refractivity contribution < 1.29 is 9.53 Å². The summed E-state index contributed by atoms with van der Waals surface area (Å²) in [5.41, 5.74) is 9.77. The zero-order valence-corrected chi connectivity index (χ0v) is 25.8. The number of nitrogens with zero attached hydrogens (tertiary/aromatic N) is 3. The Morgan fingerprint density at radius 2 is 1.80 bits per heavy atom. The fraction of sp³-hybridized carbons (Fsp3) is 0.324. The summed E-state index contributed by atoms with van der Waals surface area (Å²) in [6, 6.07) is 19.4. The highest BCUT2D eigenvalue weighted by molar-refractivity contribution is 6.05. The van der Waals surface area contributed by atoms with Crippen LogP contribution in [0.5, 0.6) is 5.75 Å². The molecule has 6 N–H and O–H groups in total. The number of urea groups is 1. The third-order valence-corrected chi connectivity index (χ3v) is 7.39. The number of rotatable bonds is 6. The van der Waals surface area contributed by atoms with Crippen LogP contribution < -0.4 is 26.6 Å². The van der Waals surface area contributed by atoms with Gasteiger partial charge in [-0.1, -0.05) is 58.9 Å². The molecule has 0 aliphatic heterocycles. The second-order valence-corrected chi connectivity index (χ2v) is 12.1. The molecule has 1 aliphatic rings. The van der Waals surface area contributed by atoms with Gasteiger partial charge in [0.25, 0.3) is 0 Å². The number of nitriles is 1. The molecule has 0 saturated heterocycles. The maximum absolute atomic E-state index is 13.3. The van der Waals surface area contributed by atoms with Crippen molar-refractivity contribution in [2.24, 2.45) is 22.1 Å². The number of allylic oxidation sites excluding steroid dienone is 1. The van der Waals surface area contributed by atoms with Crippen molar-refractivity contribution in [2.75, 3.05) is 0 Å². The van der Waals surface area contributed by atoms with Crippen molar-refractivity contribution in [3.05, 3.63) is 101 Å². The molecule has 1 aliphatic carbocycles. The lowest BCUT2D eigenvalue weighted by molar-refractivity contribution is 0.171.